The third-order valence-electron chi connectivity index (χ3n) is 2.31. The average molecular weight is 297 g/mol. The van der Waals surface area contributed by atoms with Crippen LogP contribution >= 0.6 is 23.5 Å². The summed E-state index contributed by atoms with van der Waals surface area (Å²) in [6.45, 7) is 0. The molecule has 1 aliphatic heterocycles. The zero-order valence-electron chi connectivity index (χ0n) is 9.36. The first kappa shape index (κ1) is 13.8. The average Bonchev–Trinajstić information content (AvgIpc) is 2.54. The van der Waals surface area contributed by atoms with E-state index in [9.17, 15) is 18.0 Å². The lowest BCUT2D eigenvalue weighted by Gasteiger charge is -2.25. The van der Waals surface area contributed by atoms with E-state index in [4.69, 9.17) is 0 Å². The Balaban J connectivity index is 2.23. The summed E-state index contributed by atoms with van der Waals surface area (Å²) in [5, 5.41) is 0.393. The first-order valence-corrected chi connectivity index (χ1v) is 7.34. The Morgan fingerprint density at radius 1 is 1.61 bits per heavy atom. The summed E-state index contributed by atoms with van der Waals surface area (Å²) in [5.74, 6) is 0.377. The minimum absolute atomic E-state index is 0.0991. The molecule has 1 heterocycles. The van der Waals surface area contributed by atoms with Gasteiger partial charge in [0.15, 0.2) is 5.78 Å². The number of fused-ring (bicyclic) bond motifs is 1. The molecule has 2 aliphatic rings. The van der Waals surface area contributed by atoms with Gasteiger partial charge in [0.1, 0.15) is 5.37 Å². The molecule has 0 aromatic carbocycles. The van der Waals surface area contributed by atoms with Crippen LogP contribution in [0.1, 0.15) is 6.42 Å². The number of hydroxylamine groups is 2. The quantitative estimate of drug-likeness (QED) is 0.799. The van der Waals surface area contributed by atoms with Crippen molar-refractivity contribution in [2.24, 2.45) is 0 Å². The molecular weight excluding hydrogens is 287 g/mol. The molecule has 1 saturated heterocycles. The first-order chi connectivity index (χ1) is 8.40. The second-order valence-electron chi connectivity index (χ2n) is 3.66. The maximum absolute atomic E-state index is 12.4. The van der Waals surface area contributed by atoms with Gasteiger partial charge in [-0.25, -0.2) is 5.06 Å². The summed E-state index contributed by atoms with van der Waals surface area (Å²) < 4.78 is 37.1. The van der Waals surface area contributed by atoms with Crippen molar-refractivity contribution in [3.05, 3.63) is 22.8 Å². The Morgan fingerprint density at radius 2 is 2.33 bits per heavy atom. The monoisotopic (exact) mass is 297 g/mol. The number of allylic oxidation sites excluding steroid dienone is 2. The van der Waals surface area contributed by atoms with Crippen LogP contribution < -0.4 is 0 Å². The van der Waals surface area contributed by atoms with Crippen LogP contribution in [0.3, 0.4) is 0 Å². The molecule has 0 saturated carbocycles. The molecule has 8 heteroatoms. The number of alkyl halides is 3. The normalized spacial score (nSPS) is 23.9. The second-order valence-corrected chi connectivity index (χ2v) is 5.79. The molecule has 0 spiro atoms. The van der Waals surface area contributed by atoms with E-state index < -0.39 is 11.7 Å². The van der Waals surface area contributed by atoms with Gasteiger partial charge in [-0.15, -0.1) is 13.2 Å². The van der Waals surface area contributed by atoms with Crippen molar-refractivity contribution in [3.8, 4) is 0 Å². The number of nitrogens with zero attached hydrogens (tertiary/aromatic N) is 1. The highest BCUT2D eigenvalue weighted by Gasteiger charge is 2.43. The molecule has 1 aliphatic carbocycles. The summed E-state index contributed by atoms with van der Waals surface area (Å²) in [5.41, 5.74) is 0.343. The summed E-state index contributed by atoms with van der Waals surface area (Å²) in [4.78, 5) is 15.8. The Hall–Kier alpha value is -0.600. The van der Waals surface area contributed by atoms with Crippen LogP contribution in [0.5, 0.6) is 0 Å². The van der Waals surface area contributed by atoms with E-state index in [1.165, 1.54) is 35.7 Å². The standard InChI is InChI=1S/C10H10F3NO2S2/c1-17-5-9-14(16-10(11,12)13)7-3-2-6(15)4-8(7)18-9/h3-4,9H,2,5H2,1H3. The molecule has 18 heavy (non-hydrogen) atoms. The smallest absolute Gasteiger partial charge is 0.294 e. The molecular formula is C10H10F3NO2S2. The fourth-order valence-electron chi connectivity index (χ4n) is 1.68. The van der Waals surface area contributed by atoms with Crippen molar-refractivity contribution in [2.75, 3.05) is 12.0 Å². The highest BCUT2D eigenvalue weighted by molar-refractivity contribution is 8.06. The molecule has 1 unspecified atom stereocenters. The molecule has 0 aromatic rings. The number of ketones is 1. The highest BCUT2D eigenvalue weighted by atomic mass is 32.2. The van der Waals surface area contributed by atoms with Crippen LogP contribution in [0, 0.1) is 0 Å². The number of carbonyl (C=O) groups excluding carboxylic acids is 1. The zero-order chi connectivity index (χ0) is 13.3. The fraction of sp³-hybridized carbons (Fsp3) is 0.500. The van der Waals surface area contributed by atoms with Crippen molar-refractivity contribution in [2.45, 2.75) is 18.2 Å². The van der Waals surface area contributed by atoms with Crippen LogP contribution in [0.25, 0.3) is 0 Å². The minimum atomic E-state index is -4.73. The second kappa shape index (κ2) is 5.18. The van der Waals surface area contributed by atoms with Crippen LogP contribution in [0.15, 0.2) is 22.8 Å². The van der Waals surface area contributed by atoms with Gasteiger partial charge in [0, 0.05) is 17.1 Å². The molecule has 1 atom stereocenters. The van der Waals surface area contributed by atoms with E-state index in [0.29, 0.717) is 16.4 Å². The summed E-state index contributed by atoms with van der Waals surface area (Å²) in [6.07, 6.45) is 0.0596. The Morgan fingerprint density at radius 3 is 2.94 bits per heavy atom. The van der Waals surface area contributed by atoms with Gasteiger partial charge < -0.3 is 0 Å². The van der Waals surface area contributed by atoms with Gasteiger partial charge in [-0.05, 0) is 18.4 Å². The van der Waals surface area contributed by atoms with E-state index in [0.717, 1.165) is 5.06 Å². The van der Waals surface area contributed by atoms with E-state index >= 15 is 0 Å². The Bertz CT molecular complexity index is 420. The zero-order valence-corrected chi connectivity index (χ0v) is 11.0. The molecule has 1 fully saturated rings. The van der Waals surface area contributed by atoms with Crippen LogP contribution in [-0.2, 0) is 9.63 Å². The summed E-state index contributed by atoms with van der Waals surface area (Å²) in [7, 11) is 0. The van der Waals surface area contributed by atoms with Crippen molar-refractivity contribution in [1.82, 2.24) is 5.06 Å². The predicted octanol–water partition coefficient (Wildman–Crippen LogP) is 2.92. The van der Waals surface area contributed by atoms with Gasteiger partial charge >= 0.3 is 6.36 Å². The van der Waals surface area contributed by atoms with E-state index in [-0.39, 0.29) is 12.2 Å². The number of halogens is 3. The van der Waals surface area contributed by atoms with Gasteiger partial charge in [-0.2, -0.15) is 16.6 Å². The van der Waals surface area contributed by atoms with Crippen LogP contribution in [0.4, 0.5) is 13.2 Å². The predicted molar refractivity (Wildman–Crippen MR) is 64.5 cm³/mol. The number of thioether (sulfide) groups is 2. The number of rotatable bonds is 3. The Kier molecular flexibility index (Phi) is 3.98. The SMILES string of the molecule is CSCC1SC2=CC(=O)CC=C2N1OC(F)(F)F. The van der Waals surface area contributed by atoms with Gasteiger partial charge in [0.05, 0.1) is 5.70 Å². The van der Waals surface area contributed by atoms with Gasteiger partial charge in [-0.3, -0.25) is 4.79 Å². The van der Waals surface area contributed by atoms with Crippen molar-refractivity contribution < 1.29 is 22.8 Å². The van der Waals surface area contributed by atoms with Gasteiger partial charge in [-0.1, -0.05) is 11.8 Å². The molecule has 0 radical (unpaired) electrons. The lowest BCUT2D eigenvalue weighted by molar-refractivity contribution is -0.405. The van der Waals surface area contributed by atoms with Crippen molar-refractivity contribution in [3.63, 3.8) is 0 Å². The molecule has 0 bridgehead atoms. The van der Waals surface area contributed by atoms with E-state index in [2.05, 4.69) is 4.84 Å². The van der Waals surface area contributed by atoms with Gasteiger partial charge in [0.2, 0.25) is 0 Å². The van der Waals surface area contributed by atoms with E-state index in [1.54, 1.807) is 0 Å². The maximum atomic E-state index is 12.4. The minimum Gasteiger partial charge on any atom is -0.294 e. The highest BCUT2D eigenvalue weighted by Crippen LogP contribution is 2.46. The van der Waals surface area contributed by atoms with E-state index in [1.807, 2.05) is 6.26 Å². The number of carbonyl (C=O) groups is 1. The third-order valence-corrected chi connectivity index (χ3v) is 4.39. The molecule has 100 valence electrons. The first-order valence-electron chi connectivity index (χ1n) is 5.06. The fourth-order valence-corrected chi connectivity index (χ4v) is 3.82. The molecule has 0 N–H and O–H groups in total. The largest absolute Gasteiger partial charge is 0.544 e. The van der Waals surface area contributed by atoms with Crippen LogP contribution in [-0.4, -0.2) is 34.6 Å². The summed E-state index contributed by atoms with van der Waals surface area (Å²) in [6, 6.07) is 0. The Labute approximate surface area is 110 Å². The van der Waals surface area contributed by atoms with Crippen molar-refractivity contribution in [1.29, 1.82) is 0 Å². The molecule has 3 nitrogen and oxygen atoms in total. The number of hydrogen-bond acceptors (Lipinski definition) is 5. The molecule has 0 aromatic heterocycles. The van der Waals surface area contributed by atoms with Crippen LogP contribution in [0.2, 0.25) is 0 Å². The lowest BCUT2D eigenvalue weighted by Crippen LogP contribution is -2.35. The maximum Gasteiger partial charge on any atom is 0.544 e. The molecule has 0 amide bonds. The topological polar surface area (TPSA) is 29.5 Å². The van der Waals surface area contributed by atoms with Crippen molar-refractivity contribution >= 4 is 29.3 Å². The molecule has 2 rings (SSSR count). The third kappa shape index (κ3) is 3.04. The summed E-state index contributed by atoms with van der Waals surface area (Å²) >= 11 is 2.65. The number of hydrogen-bond donors (Lipinski definition) is 0. The van der Waals surface area contributed by atoms with Gasteiger partial charge in [0.25, 0.3) is 0 Å². The lowest BCUT2D eigenvalue weighted by atomic mass is 10.1.